The molecule has 0 spiro atoms. The van der Waals surface area contributed by atoms with Gasteiger partial charge in [-0.1, -0.05) is 6.07 Å². The Morgan fingerprint density at radius 1 is 1.19 bits per heavy atom. The van der Waals surface area contributed by atoms with Crippen LogP contribution in [0.25, 0.3) is 16.8 Å². The number of aromatic nitrogens is 4. The Morgan fingerprint density at radius 3 is 2.85 bits per heavy atom. The van der Waals surface area contributed by atoms with Gasteiger partial charge in [0.2, 0.25) is 0 Å². The fourth-order valence-corrected chi connectivity index (χ4v) is 2.92. The molecule has 1 aromatic carbocycles. The van der Waals surface area contributed by atoms with E-state index in [2.05, 4.69) is 20.5 Å². The largest absolute Gasteiger partial charge is 0.496 e. The van der Waals surface area contributed by atoms with Crippen molar-refractivity contribution in [3.8, 4) is 16.9 Å². The molecule has 0 saturated heterocycles. The van der Waals surface area contributed by atoms with Gasteiger partial charge in [-0.2, -0.15) is 0 Å². The molecular weight excluding hydrogens is 352 g/mol. The predicted octanol–water partition coefficient (Wildman–Crippen LogP) is 3.69. The molecule has 27 heavy (non-hydrogen) atoms. The van der Waals surface area contributed by atoms with Crippen LogP contribution in [-0.2, 0) is 6.54 Å². The summed E-state index contributed by atoms with van der Waals surface area (Å²) in [6.07, 6.45) is 5.01. The number of fused-ring (bicyclic) bond motifs is 1. The van der Waals surface area contributed by atoms with Gasteiger partial charge in [-0.3, -0.25) is 9.38 Å². The number of nitrogens with one attached hydrogen (secondary N) is 1. The summed E-state index contributed by atoms with van der Waals surface area (Å²) < 4.78 is 34.4. The molecule has 0 aliphatic heterocycles. The lowest BCUT2D eigenvalue weighted by Crippen LogP contribution is -2.08. The van der Waals surface area contributed by atoms with Gasteiger partial charge in [-0.25, -0.2) is 8.78 Å². The number of nitrogens with zero attached hydrogens (tertiary/aromatic N) is 4. The van der Waals surface area contributed by atoms with Crippen LogP contribution in [0.3, 0.4) is 0 Å². The zero-order valence-corrected chi connectivity index (χ0v) is 14.4. The molecule has 0 saturated carbocycles. The molecule has 3 heterocycles. The van der Waals surface area contributed by atoms with Crippen molar-refractivity contribution in [2.45, 2.75) is 6.54 Å². The lowest BCUT2D eigenvalue weighted by atomic mass is 10.1. The first-order valence-electron chi connectivity index (χ1n) is 8.16. The molecule has 1 N–H and O–H groups in total. The summed E-state index contributed by atoms with van der Waals surface area (Å²) in [6, 6.07) is 9.49. The lowest BCUT2D eigenvalue weighted by Gasteiger charge is -2.14. The van der Waals surface area contributed by atoms with Gasteiger partial charge in [0.1, 0.15) is 29.5 Å². The molecule has 0 fully saturated rings. The quantitative estimate of drug-likeness (QED) is 0.583. The molecule has 6 nitrogen and oxygen atoms in total. The average Bonchev–Trinajstić information content (AvgIpc) is 3.17. The van der Waals surface area contributed by atoms with E-state index in [4.69, 9.17) is 4.74 Å². The summed E-state index contributed by atoms with van der Waals surface area (Å²) >= 11 is 0. The summed E-state index contributed by atoms with van der Waals surface area (Å²) in [5.41, 5.74) is 2.65. The molecular formula is C19H15F2N5O. The molecule has 0 unspecified atom stereocenters. The number of rotatable bonds is 5. The van der Waals surface area contributed by atoms with Crippen LogP contribution in [0.1, 0.15) is 5.56 Å². The van der Waals surface area contributed by atoms with Crippen LogP contribution in [-0.4, -0.2) is 26.7 Å². The zero-order valence-electron chi connectivity index (χ0n) is 14.4. The van der Waals surface area contributed by atoms with Crippen LogP contribution in [0.5, 0.6) is 5.75 Å². The third-order valence-electron chi connectivity index (χ3n) is 4.21. The first-order chi connectivity index (χ1) is 13.2. The second kappa shape index (κ2) is 6.99. The number of ether oxygens (including phenoxy) is 1. The van der Waals surface area contributed by atoms with Crippen molar-refractivity contribution in [3.63, 3.8) is 0 Å². The lowest BCUT2D eigenvalue weighted by molar-refractivity contribution is 0.400. The van der Waals surface area contributed by atoms with Gasteiger partial charge in [0, 0.05) is 47.8 Å². The fraction of sp³-hybridized carbons (Fsp3) is 0.105. The van der Waals surface area contributed by atoms with Crippen LogP contribution in [0.15, 0.2) is 55.1 Å². The molecule has 4 rings (SSSR count). The van der Waals surface area contributed by atoms with E-state index < -0.39 is 11.6 Å². The molecule has 8 heteroatoms. The number of methoxy groups -OCH3 is 1. The number of hydrogen-bond acceptors (Lipinski definition) is 5. The van der Waals surface area contributed by atoms with Gasteiger partial charge in [-0.15, -0.1) is 10.2 Å². The van der Waals surface area contributed by atoms with E-state index in [1.165, 1.54) is 7.11 Å². The monoisotopic (exact) mass is 367 g/mol. The van der Waals surface area contributed by atoms with Gasteiger partial charge in [0.05, 0.1) is 7.11 Å². The zero-order chi connectivity index (χ0) is 18.8. The maximum Gasteiger partial charge on any atom is 0.170 e. The Morgan fingerprint density at radius 2 is 2.07 bits per heavy atom. The highest BCUT2D eigenvalue weighted by atomic mass is 19.1. The third kappa shape index (κ3) is 3.17. The smallest absolute Gasteiger partial charge is 0.170 e. The maximum atomic E-state index is 14.1. The highest BCUT2D eigenvalue weighted by molar-refractivity contribution is 5.78. The van der Waals surface area contributed by atoms with Crippen LogP contribution in [0, 0.1) is 11.6 Å². The minimum Gasteiger partial charge on any atom is -0.496 e. The highest BCUT2D eigenvalue weighted by Crippen LogP contribution is 2.27. The van der Waals surface area contributed by atoms with Crippen molar-refractivity contribution in [3.05, 3.63) is 72.3 Å². The first-order valence-corrected chi connectivity index (χ1v) is 8.16. The molecule has 0 atom stereocenters. The SMILES string of the molecule is COc1cc(F)cc(F)c1CNc1ccc(-c2cccnc2)c2nncn12. The van der Waals surface area contributed by atoms with Crippen molar-refractivity contribution < 1.29 is 13.5 Å². The first kappa shape index (κ1) is 16.9. The summed E-state index contributed by atoms with van der Waals surface area (Å²) in [6.45, 7) is 0.106. The van der Waals surface area contributed by atoms with Crippen molar-refractivity contribution in [2.75, 3.05) is 12.4 Å². The van der Waals surface area contributed by atoms with E-state index in [0.717, 1.165) is 23.3 Å². The Bertz CT molecular complexity index is 1100. The number of pyridine rings is 2. The van der Waals surface area contributed by atoms with Gasteiger partial charge in [-0.05, 0) is 18.2 Å². The molecule has 0 aliphatic carbocycles. The van der Waals surface area contributed by atoms with Gasteiger partial charge >= 0.3 is 0 Å². The fourth-order valence-electron chi connectivity index (χ4n) is 2.92. The van der Waals surface area contributed by atoms with Crippen LogP contribution in [0.2, 0.25) is 0 Å². The summed E-state index contributed by atoms with van der Waals surface area (Å²) in [7, 11) is 1.37. The number of benzene rings is 1. The molecule has 4 aromatic rings. The van der Waals surface area contributed by atoms with E-state index in [1.54, 1.807) is 23.1 Å². The number of halogens is 2. The van der Waals surface area contributed by atoms with Gasteiger partial charge in [0.15, 0.2) is 5.65 Å². The number of anilines is 1. The van der Waals surface area contributed by atoms with Crippen LogP contribution in [0.4, 0.5) is 14.6 Å². The van der Waals surface area contributed by atoms with E-state index >= 15 is 0 Å². The van der Waals surface area contributed by atoms with Crippen molar-refractivity contribution in [1.82, 2.24) is 19.6 Å². The summed E-state index contributed by atoms with van der Waals surface area (Å²) in [4.78, 5) is 4.13. The second-order valence-corrected chi connectivity index (χ2v) is 5.82. The summed E-state index contributed by atoms with van der Waals surface area (Å²) in [5, 5.41) is 11.3. The van der Waals surface area contributed by atoms with Crippen molar-refractivity contribution in [2.24, 2.45) is 0 Å². The Kier molecular flexibility index (Phi) is 4.37. The minimum atomic E-state index is -0.685. The molecule has 0 bridgehead atoms. The predicted molar refractivity (Wildman–Crippen MR) is 96.5 cm³/mol. The van der Waals surface area contributed by atoms with E-state index in [1.807, 2.05) is 24.3 Å². The standard InChI is InChI=1S/C19H15F2N5O/c1-27-17-8-13(20)7-16(21)15(17)10-23-18-5-4-14(12-3-2-6-22-9-12)19-25-24-11-26(18)19/h2-9,11,23H,10H2,1H3. The van der Waals surface area contributed by atoms with E-state index in [-0.39, 0.29) is 17.9 Å². The molecule has 0 aliphatic rings. The molecule has 136 valence electrons. The third-order valence-corrected chi connectivity index (χ3v) is 4.21. The normalized spacial score (nSPS) is 10.9. The molecule has 0 radical (unpaired) electrons. The number of hydrogen-bond donors (Lipinski definition) is 1. The second-order valence-electron chi connectivity index (χ2n) is 5.82. The Hall–Kier alpha value is -3.55. The average molecular weight is 367 g/mol. The topological polar surface area (TPSA) is 64.3 Å². The van der Waals surface area contributed by atoms with Crippen molar-refractivity contribution in [1.29, 1.82) is 0 Å². The molecule has 0 amide bonds. The minimum absolute atomic E-state index is 0.106. The Labute approximate surface area is 153 Å². The van der Waals surface area contributed by atoms with E-state index in [9.17, 15) is 8.78 Å². The van der Waals surface area contributed by atoms with Gasteiger partial charge in [0.25, 0.3) is 0 Å². The maximum absolute atomic E-state index is 14.1. The van der Waals surface area contributed by atoms with E-state index in [0.29, 0.717) is 11.5 Å². The Balaban J connectivity index is 1.68. The molecule has 3 aromatic heterocycles. The van der Waals surface area contributed by atoms with Crippen molar-refractivity contribution >= 4 is 11.5 Å². The van der Waals surface area contributed by atoms with Crippen LogP contribution >= 0.6 is 0 Å². The van der Waals surface area contributed by atoms with Gasteiger partial charge < -0.3 is 10.1 Å². The highest BCUT2D eigenvalue weighted by Gasteiger charge is 2.14. The van der Waals surface area contributed by atoms with Crippen LogP contribution < -0.4 is 10.1 Å². The summed E-state index contributed by atoms with van der Waals surface area (Å²) in [5.74, 6) is -0.554.